The van der Waals surface area contributed by atoms with Gasteiger partial charge in [-0.1, -0.05) is 0 Å². The Morgan fingerprint density at radius 1 is 1.23 bits per heavy atom. The van der Waals surface area contributed by atoms with Gasteiger partial charge < -0.3 is 15.4 Å². The Kier molecular flexibility index (Phi) is 5.29. The Bertz CT molecular complexity index is 479. The summed E-state index contributed by atoms with van der Waals surface area (Å²) in [5.41, 5.74) is 0.694. The molecule has 3 rings (SSSR count). The van der Waals surface area contributed by atoms with Crippen LogP contribution in [0.4, 0.5) is 0 Å². The molecule has 120 valence electrons. The first-order valence-electron chi connectivity index (χ1n) is 8.25. The largest absolute Gasteiger partial charge is 0.493 e. The zero-order valence-electron chi connectivity index (χ0n) is 13.0. The number of amides is 1. The van der Waals surface area contributed by atoms with Crippen molar-refractivity contribution in [3.8, 4) is 5.75 Å². The van der Waals surface area contributed by atoms with E-state index >= 15 is 0 Å². The lowest BCUT2D eigenvalue weighted by atomic mass is 10.2. The van der Waals surface area contributed by atoms with Crippen LogP contribution in [0.15, 0.2) is 24.3 Å². The molecule has 1 aromatic rings. The second kappa shape index (κ2) is 7.61. The van der Waals surface area contributed by atoms with Crippen molar-refractivity contribution < 1.29 is 9.53 Å². The average molecular weight is 303 g/mol. The van der Waals surface area contributed by atoms with Gasteiger partial charge in [0, 0.05) is 44.8 Å². The highest BCUT2D eigenvalue weighted by molar-refractivity contribution is 5.94. The van der Waals surface area contributed by atoms with E-state index in [-0.39, 0.29) is 5.91 Å². The van der Waals surface area contributed by atoms with Crippen molar-refractivity contribution in [2.24, 2.45) is 5.92 Å². The summed E-state index contributed by atoms with van der Waals surface area (Å²) in [6.07, 6.45) is 2.57. The van der Waals surface area contributed by atoms with E-state index in [4.69, 9.17) is 4.74 Å². The van der Waals surface area contributed by atoms with Crippen LogP contribution >= 0.6 is 0 Å². The lowest BCUT2D eigenvalue weighted by molar-refractivity contribution is 0.0947. The van der Waals surface area contributed by atoms with Crippen molar-refractivity contribution in [3.05, 3.63) is 29.8 Å². The third kappa shape index (κ3) is 4.71. The van der Waals surface area contributed by atoms with Crippen LogP contribution in [0.25, 0.3) is 0 Å². The highest BCUT2D eigenvalue weighted by Crippen LogP contribution is 2.29. The predicted molar refractivity (Wildman–Crippen MR) is 86.3 cm³/mol. The topological polar surface area (TPSA) is 53.6 Å². The van der Waals surface area contributed by atoms with Crippen LogP contribution in [0.2, 0.25) is 0 Å². The van der Waals surface area contributed by atoms with E-state index in [0.29, 0.717) is 12.1 Å². The number of piperazine rings is 1. The number of ether oxygens (including phenoxy) is 1. The van der Waals surface area contributed by atoms with E-state index in [2.05, 4.69) is 15.5 Å². The molecule has 1 aliphatic carbocycles. The van der Waals surface area contributed by atoms with Gasteiger partial charge in [-0.2, -0.15) is 0 Å². The van der Waals surface area contributed by atoms with Gasteiger partial charge >= 0.3 is 0 Å². The summed E-state index contributed by atoms with van der Waals surface area (Å²) in [7, 11) is 0. The number of carbonyl (C=O) groups excluding carboxylic acids is 1. The lowest BCUT2D eigenvalue weighted by Crippen LogP contribution is -2.46. The molecule has 0 spiro atoms. The van der Waals surface area contributed by atoms with Gasteiger partial charge in [0.15, 0.2) is 0 Å². The van der Waals surface area contributed by atoms with E-state index in [1.54, 1.807) is 0 Å². The average Bonchev–Trinajstić information content (AvgIpc) is 3.39. The minimum absolute atomic E-state index is 0.0103. The van der Waals surface area contributed by atoms with E-state index in [0.717, 1.165) is 51.0 Å². The molecular formula is C17H25N3O2. The Balaban J connectivity index is 1.38. The molecule has 2 fully saturated rings. The van der Waals surface area contributed by atoms with Crippen LogP contribution < -0.4 is 15.4 Å². The maximum absolute atomic E-state index is 12.1. The zero-order valence-corrected chi connectivity index (χ0v) is 13.0. The monoisotopic (exact) mass is 303 g/mol. The first-order valence-corrected chi connectivity index (χ1v) is 8.25. The number of hydrogen-bond donors (Lipinski definition) is 2. The molecule has 5 heteroatoms. The van der Waals surface area contributed by atoms with Crippen molar-refractivity contribution in [2.75, 3.05) is 45.9 Å². The molecule has 0 bridgehead atoms. The third-order valence-corrected chi connectivity index (χ3v) is 4.22. The number of carbonyl (C=O) groups is 1. The van der Waals surface area contributed by atoms with Gasteiger partial charge in [-0.25, -0.2) is 0 Å². The minimum Gasteiger partial charge on any atom is -0.493 e. The highest BCUT2D eigenvalue weighted by Gasteiger charge is 2.21. The molecule has 5 nitrogen and oxygen atoms in total. The van der Waals surface area contributed by atoms with E-state index < -0.39 is 0 Å². The van der Waals surface area contributed by atoms with Gasteiger partial charge in [0.2, 0.25) is 0 Å². The summed E-state index contributed by atoms with van der Waals surface area (Å²) in [6.45, 7) is 6.60. The lowest BCUT2D eigenvalue weighted by Gasteiger charge is -2.27. The maximum atomic E-state index is 12.1. The van der Waals surface area contributed by atoms with Crippen molar-refractivity contribution in [1.29, 1.82) is 0 Å². The predicted octanol–water partition coefficient (Wildman–Crippen LogP) is 1.11. The van der Waals surface area contributed by atoms with Crippen molar-refractivity contribution in [1.82, 2.24) is 15.5 Å². The molecule has 0 atom stereocenters. The van der Waals surface area contributed by atoms with Crippen LogP contribution in [0, 0.1) is 5.92 Å². The normalized spacial score (nSPS) is 18.9. The molecule has 1 aliphatic heterocycles. The molecule has 1 amide bonds. The fourth-order valence-electron chi connectivity index (χ4n) is 2.57. The van der Waals surface area contributed by atoms with Gasteiger partial charge in [0.05, 0.1) is 6.61 Å². The smallest absolute Gasteiger partial charge is 0.251 e. The van der Waals surface area contributed by atoms with Gasteiger partial charge in [-0.05, 0) is 43.0 Å². The summed E-state index contributed by atoms with van der Waals surface area (Å²) in [5, 5.41) is 6.31. The fourth-order valence-corrected chi connectivity index (χ4v) is 2.57. The van der Waals surface area contributed by atoms with Crippen LogP contribution in [0.1, 0.15) is 23.2 Å². The van der Waals surface area contributed by atoms with E-state index in [1.165, 1.54) is 12.8 Å². The maximum Gasteiger partial charge on any atom is 0.251 e. The number of nitrogens with zero attached hydrogens (tertiary/aromatic N) is 1. The van der Waals surface area contributed by atoms with E-state index in [9.17, 15) is 4.79 Å². The number of nitrogens with one attached hydrogen (secondary N) is 2. The van der Waals surface area contributed by atoms with E-state index in [1.807, 2.05) is 24.3 Å². The van der Waals surface area contributed by atoms with Crippen molar-refractivity contribution >= 4 is 5.91 Å². The molecule has 22 heavy (non-hydrogen) atoms. The third-order valence-electron chi connectivity index (χ3n) is 4.22. The molecule has 1 aromatic carbocycles. The highest BCUT2D eigenvalue weighted by atomic mass is 16.5. The van der Waals surface area contributed by atoms with Gasteiger partial charge in [0.1, 0.15) is 5.75 Å². The Labute approximate surface area is 132 Å². The first-order chi connectivity index (χ1) is 10.8. The van der Waals surface area contributed by atoms with Crippen LogP contribution in [-0.4, -0.2) is 56.7 Å². The SMILES string of the molecule is O=C(NCCN1CCNCC1)c1ccc(OCC2CC2)cc1. The molecular weight excluding hydrogens is 278 g/mol. The summed E-state index contributed by atoms with van der Waals surface area (Å²) in [5.74, 6) is 1.58. The van der Waals surface area contributed by atoms with Gasteiger partial charge in [-0.15, -0.1) is 0 Å². The molecule has 1 heterocycles. The Morgan fingerprint density at radius 3 is 2.64 bits per heavy atom. The first kappa shape index (κ1) is 15.3. The quantitative estimate of drug-likeness (QED) is 0.792. The van der Waals surface area contributed by atoms with Crippen LogP contribution in [0.3, 0.4) is 0 Å². The van der Waals surface area contributed by atoms with Crippen LogP contribution in [-0.2, 0) is 0 Å². The molecule has 0 aromatic heterocycles. The van der Waals surface area contributed by atoms with Crippen molar-refractivity contribution in [2.45, 2.75) is 12.8 Å². The Hall–Kier alpha value is -1.59. The minimum atomic E-state index is -0.0103. The summed E-state index contributed by atoms with van der Waals surface area (Å²) < 4.78 is 5.68. The fraction of sp³-hybridized carbons (Fsp3) is 0.588. The molecule has 1 saturated heterocycles. The molecule has 2 N–H and O–H groups in total. The molecule has 0 unspecified atom stereocenters. The number of hydrogen-bond acceptors (Lipinski definition) is 4. The standard InChI is InChI=1S/C17H25N3O2/c21-17(19-9-12-20-10-7-18-8-11-20)15-3-5-16(6-4-15)22-13-14-1-2-14/h3-6,14,18H,1-2,7-13H2,(H,19,21). The van der Waals surface area contributed by atoms with Gasteiger partial charge in [-0.3, -0.25) is 9.69 Å². The summed E-state index contributed by atoms with van der Waals surface area (Å²) in [4.78, 5) is 14.5. The molecule has 1 saturated carbocycles. The summed E-state index contributed by atoms with van der Waals surface area (Å²) in [6, 6.07) is 7.44. The second-order valence-corrected chi connectivity index (χ2v) is 6.13. The Morgan fingerprint density at radius 2 is 1.95 bits per heavy atom. The number of rotatable bonds is 7. The molecule has 0 radical (unpaired) electrons. The summed E-state index contributed by atoms with van der Waals surface area (Å²) >= 11 is 0. The molecule has 2 aliphatic rings. The number of benzene rings is 1. The second-order valence-electron chi connectivity index (χ2n) is 6.13. The van der Waals surface area contributed by atoms with Crippen LogP contribution in [0.5, 0.6) is 5.75 Å². The zero-order chi connectivity index (χ0) is 15.2. The van der Waals surface area contributed by atoms with Crippen molar-refractivity contribution in [3.63, 3.8) is 0 Å². The van der Waals surface area contributed by atoms with Gasteiger partial charge in [0.25, 0.3) is 5.91 Å².